The van der Waals surface area contributed by atoms with E-state index in [4.69, 9.17) is 0 Å². The molecule has 0 bridgehead atoms. The lowest BCUT2D eigenvalue weighted by atomic mass is 10.0. The van der Waals surface area contributed by atoms with Crippen LogP contribution in [0.15, 0.2) is 19.3 Å². The van der Waals surface area contributed by atoms with Crippen LogP contribution in [-0.2, 0) is 9.59 Å². The van der Waals surface area contributed by atoms with Gasteiger partial charge in [0, 0.05) is 26.4 Å². The van der Waals surface area contributed by atoms with Crippen LogP contribution in [0.1, 0.15) is 53.4 Å². The summed E-state index contributed by atoms with van der Waals surface area (Å²) in [6.45, 7) is 7.78. The third kappa shape index (κ3) is 14.4. The second kappa shape index (κ2) is 15.3. The van der Waals surface area contributed by atoms with Gasteiger partial charge in [-0.25, -0.2) is 0 Å². The van der Waals surface area contributed by atoms with Gasteiger partial charge in [0.1, 0.15) is 11.9 Å². The number of carbonyl (C=O) groups excluding carboxylic acids is 2. The summed E-state index contributed by atoms with van der Waals surface area (Å²) in [6, 6.07) is 0. The first kappa shape index (κ1) is 26.3. The molecule has 0 aromatic heterocycles. The Labute approximate surface area is 174 Å². The van der Waals surface area contributed by atoms with Crippen molar-refractivity contribution < 1.29 is 14.7 Å². The maximum Gasteiger partial charge on any atom is 0.251 e. The highest BCUT2D eigenvalue weighted by Gasteiger charge is 2.14. The molecule has 0 fully saturated rings. The Morgan fingerprint density at radius 3 is 1.79 bits per heavy atom. The zero-order valence-corrected chi connectivity index (χ0v) is 19.9. The van der Waals surface area contributed by atoms with Crippen molar-refractivity contribution >= 4 is 56.9 Å². The van der Waals surface area contributed by atoms with E-state index in [0.717, 1.165) is 19.3 Å². The van der Waals surface area contributed by atoms with Gasteiger partial charge in [0.2, 0.25) is 0 Å². The number of carbonyl (C=O) groups is 2. The van der Waals surface area contributed by atoms with Crippen LogP contribution in [0.5, 0.6) is 0 Å². The highest BCUT2D eigenvalue weighted by Crippen LogP contribution is 2.14. The molecular weight excluding hydrogens is 532 g/mol. The van der Waals surface area contributed by atoms with Crippen LogP contribution in [0.4, 0.5) is 0 Å². The van der Waals surface area contributed by atoms with Crippen LogP contribution in [0.25, 0.3) is 0 Å². The van der Waals surface area contributed by atoms with E-state index in [0.29, 0.717) is 6.42 Å². The molecule has 0 aromatic carbocycles. The molecule has 6 heteroatoms. The first-order valence-corrected chi connectivity index (χ1v) is 10.3. The molecule has 140 valence electrons. The molecule has 0 saturated heterocycles. The van der Waals surface area contributed by atoms with Crippen molar-refractivity contribution in [2.45, 2.75) is 59.5 Å². The fourth-order valence-corrected chi connectivity index (χ4v) is 1.91. The Bertz CT molecular complexity index is 446. The number of allylic oxidation sites excluding steroid dienone is 3. The van der Waals surface area contributed by atoms with Crippen molar-refractivity contribution in [3.05, 3.63) is 19.3 Å². The number of halogens is 2. The normalized spacial score (nSPS) is 14.4. The Morgan fingerprint density at radius 2 is 1.46 bits per heavy atom. The average molecular weight is 563 g/mol. The van der Waals surface area contributed by atoms with Crippen molar-refractivity contribution in [2.24, 2.45) is 5.92 Å². The van der Waals surface area contributed by atoms with Gasteiger partial charge < -0.3 is 10.0 Å². The lowest BCUT2D eigenvalue weighted by molar-refractivity contribution is -0.137. The van der Waals surface area contributed by atoms with Crippen LogP contribution < -0.4 is 0 Å². The van der Waals surface area contributed by atoms with Crippen LogP contribution in [0.3, 0.4) is 0 Å². The summed E-state index contributed by atoms with van der Waals surface area (Å²) >= 11 is 4.52. The van der Waals surface area contributed by atoms with Crippen molar-refractivity contribution in [1.82, 2.24) is 4.90 Å². The van der Waals surface area contributed by atoms with Gasteiger partial charge in [-0.05, 0) is 78.5 Å². The molecule has 2 atom stereocenters. The van der Waals surface area contributed by atoms with Crippen molar-refractivity contribution in [3.63, 3.8) is 0 Å². The van der Waals surface area contributed by atoms with Crippen molar-refractivity contribution in [1.29, 1.82) is 0 Å². The predicted octanol–water partition coefficient (Wildman–Crippen LogP) is 4.89. The third-order valence-electron chi connectivity index (χ3n) is 3.35. The molecule has 0 aliphatic rings. The quantitative estimate of drug-likeness (QED) is 0.429. The fraction of sp³-hybridized carbons (Fsp3) is 0.667. The van der Waals surface area contributed by atoms with E-state index >= 15 is 0 Å². The van der Waals surface area contributed by atoms with E-state index in [9.17, 15) is 14.7 Å². The maximum absolute atomic E-state index is 11.2. The number of amides is 1. The molecule has 0 unspecified atom stereocenters. The molecule has 0 aromatic rings. The van der Waals surface area contributed by atoms with E-state index in [2.05, 4.69) is 58.2 Å². The molecule has 24 heavy (non-hydrogen) atoms. The minimum Gasteiger partial charge on any atom is -0.383 e. The molecule has 0 rings (SSSR count). The zero-order valence-electron chi connectivity index (χ0n) is 15.6. The lowest BCUT2D eigenvalue weighted by Gasteiger charge is -2.14. The summed E-state index contributed by atoms with van der Waals surface area (Å²) in [7, 11) is 3.28. The molecule has 0 heterocycles. The molecule has 4 nitrogen and oxygen atoms in total. The summed E-state index contributed by atoms with van der Waals surface area (Å²) in [6.07, 6.45) is 6.46. The fourth-order valence-electron chi connectivity index (χ4n) is 1.40. The minimum absolute atomic E-state index is 0.186. The Hall–Kier alpha value is 0.0400. The van der Waals surface area contributed by atoms with E-state index in [-0.39, 0.29) is 17.6 Å². The van der Waals surface area contributed by atoms with Gasteiger partial charge in [0.25, 0.3) is 5.91 Å². The molecule has 0 saturated carbocycles. The minimum atomic E-state index is -0.897. The van der Waals surface area contributed by atoms with E-state index < -0.39 is 6.10 Å². The Kier molecular flexibility index (Phi) is 16.8. The summed E-state index contributed by atoms with van der Waals surface area (Å²) < 4.78 is 2.51. The standard InChI is InChI=1S/C9H16INO2.C9H15IO/c1-4-7(10)5-6-8(12)9(13)11(2)3;1-4-9(10)6-5-7(2)8(3)11/h5,8,12H,4,6H2,1-3H3;6-7H,4-5H2,1-3H3/b7-5-;9-6-/t8-;7-/m00/s1. The predicted molar refractivity (Wildman–Crippen MR) is 119 cm³/mol. The van der Waals surface area contributed by atoms with Crippen molar-refractivity contribution in [3.8, 4) is 0 Å². The van der Waals surface area contributed by atoms with E-state index in [1.54, 1.807) is 21.0 Å². The molecule has 0 spiro atoms. The van der Waals surface area contributed by atoms with Crippen LogP contribution in [0, 0.1) is 5.92 Å². The average Bonchev–Trinajstić information content (AvgIpc) is 2.56. The molecular formula is C18H31I2NO3. The molecule has 0 aliphatic heterocycles. The van der Waals surface area contributed by atoms with Gasteiger partial charge in [-0.15, -0.1) is 0 Å². The number of nitrogens with zero attached hydrogens (tertiary/aromatic N) is 1. The zero-order chi connectivity index (χ0) is 19.3. The highest BCUT2D eigenvalue weighted by atomic mass is 127. The molecule has 1 amide bonds. The monoisotopic (exact) mass is 563 g/mol. The number of rotatable bonds is 8. The van der Waals surface area contributed by atoms with Gasteiger partial charge in [-0.2, -0.15) is 0 Å². The second-order valence-electron chi connectivity index (χ2n) is 5.74. The topological polar surface area (TPSA) is 57.6 Å². The summed E-state index contributed by atoms with van der Waals surface area (Å²) in [5.41, 5.74) is 0. The smallest absolute Gasteiger partial charge is 0.251 e. The third-order valence-corrected chi connectivity index (χ3v) is 5.76. The highest BCUT2D eigenvalue weighted by molar-refractivity contribution is 14.1. The summed E-state index contributed by atoms with van der Waals surface area (Å²) in [4.78, 5) is 23.4. The van der Waals surface area contributed by atoms with E-state index in [1.807, 2.05) is 19.9 Å². The number of likely N-dealkylation sites (N-methyl/N-ethyl adjacent to an activating group) is 1. The number of aliphatic hydroxyl groups excluding tert-OH is 1. The van der Waals surface area contributed by atoms with Gasteiger partial charge >= 0.3 is 0 Å². The molecule has 0 aliphatic carbocycles. The largest absolute Gasteiger partial charge is 0.383 e. The number of hydrogen-bond donors (Lipinski definition) is 1. The van der Waals surface area contributed by atoms with E-state index in [1.165, 1.54) is 12.1 Å². The lowest BCUT2D eigenvalue weighted by Crippen LogP contribution is -2.33. The van der Waals surface area contributed by atoms with Gasteiger partial charge in [-0.3, -0.25) is 9.59 Å². The van der Waals surface area contributed by atoms with Crippen LogP contribution in [-0.4, -0.2) is 41.9 Å². The number of hydrogen-bond acceptors (Lipinski definition) is 3. The number of aliphatic hydroxyl groups is 1. The van der Waals surface area contributed by atoms with Crippen molar-refractivity contribution in [2.75, 3.05) is 14.1 Å². The molecule has 1 N–H and O–H groups in total. The SMILES string of the molecule is CC/C(I)=C/C[C@H](C)C(C)=O.CC/C(I)=C/C[C@H](O)C(=O)N(C)C. The van der Waals surface area contributed by atoms with Gasteiger partial charge in [0.05, 0.1) is 0 Å². The summed E-state index contributed by atoms with van der Waals surface area (Å²) in [5, 5.41) is 9.39. The number of Topliss-reactive ketones (excluding diaryl/α,β-unsaturated/α-hetero) is 1. The molecule has 0 radical (unpaired) electrons. The maximum atomic E-state index is 11.2. The summed E-state index contributed by atoms with van der Waals surface area (Å²) in [5.74, 6) is 0.226. The van der Waals surface area contributed by atoms with Gasteiger partial charge in [0.15, 0.2) is 0 Å². The van der Waals surface area contributed by atoms with Gasteiger partial charge in [-0.1, -0.05) is 32.9 Å². The first-order valence-electron chi connectivity index (χ1n) is 8.15. The first-order chi connectivity index (χ1) is 11.1. The van der Waals surface area contributed by atoms with Crippen LogP contribution >= 0.6 is 45.2 Å². The Morgan fingerprint density at radius 1 is 1.04 bits per heavy atom. The second-order valence-corrected chi connectivity index (χ2v) is 8.51. The Balaban J connectivity index is 0. The van der Waals surface area contributed by atoms with Crippen LogP contribution in [0.2, 0.25) is 0 Å². The number of ketones is 1.